The highest BCUT2D eigenvalue weighted by atomic mass is 16.2. The molecule has 0 spiro atoms. The quantitative estimate of drug-likeness (QED) is 0.792. The molecule has 5 heteroatoms. The topological polar surface area (TPSA) is 57.3 Å². The summed E-state index contributed by atoms with van der Waals surface area (Å²) in [5.74, 6) is 0.110. The lowest BCUT2D eigenvalue weighted by atomic mass is 10.2. The van der Waals surface area contributed by atoms with E-state index in [1.54, 1.807) is 12.4 Å². The number of carbonyl (C=O) groups is 1. The van der Waals surface area contributed by atoms with Gasteiger partial charge in [0.1, 0.15) is 6.04 Å². The molecule has 1 amide bonds. The third kappa shape index (κ3) is 4.43. The molecular weight excluding hydrogens is 240 g/mol. The normalized spacial score (nSPS) is 11.8. The number of carbonyl (C=O) groups excluding carboxylic acids is 1. The molecule has 0 aliphatic carbocycles. The van der Waals surface area contributed by atoms with Crippen molar-refractivity contribution in [2.75, 3.05) is 30.3 Å². The van der Waals surface area contributed by atoms with E-state index in [-0.39, 0.29) is 11.9 Å². The van der Waals surface area contributed by atoms with Crippen LogP contribution in [0.5, 0.6) is 0 Å². The lowest BCUT2D eigenvalue weighted by Crippen LogP contribution is -2.41. The van der Waals surface area contributed by atoms with E-state index in [9.17, 15) is 4.79 Å². The smallest absolute Gasteiger partial charge is 0.244 e. The van der Waals surface area contributed by atoms with Gasteiger partial charge in [0.2, 0.25) is 5.91 Å². The molecule has 1 aromatic heterocycles. The van der Waals surface area contributed by atoms with Gasteiger partial charge in [-0.1, -0.05) is 0 Å². The van der Waals surface area contributed by atoms with E-state index < -0.39 is 0 Å². The second-order valence-electron chi connectivity index (χ2n) is 4.37. The van der Waals surface area contributed by atoms with Crippen LogP contribution in [-0.2, 0) is 4.79 Å². The van der Waals surface area contributed by atoms with Gasteiger partial charge in [0.05, 0.1) is 23.8 Å². The molecule has 1 rings (SSSR count). The highest BCUT2D eigenvalue weighted by Gasteiger charge is 2.17. The van der Waals surface area contributed by atoms with Crippen LogP contribution in [0.1, 0.15) is 27.7 Å². The minimum atomic E-state index is -0.251. The Hall–Kier alpha value is -1.78. The van der Waals surface area contributed by atoms with E-state index in [1.807, 2.05) is 38.7 Å². The van der Waals surface area contributed by atoms with Crippen molar-refractivity contribution >= 4 is 17.3 Å². The van der Waals surface area contributed by atoms with Crippen molar-refractivity contribution in [3.8, 4) is 0 Å². The summed E-state index contributed by atoms with van der Waals surface area (Å²) in [4.78, 5) is 18.1. The van der Waals surface area contributed by atoms with E-state index in [4.69, 9.17) is 0 Å². The Balaban J connectivity index is 2.68. The van der Waals surface area contributed by atoms with Crippen molar-refractivity contribution in [3.05, 3.63) is 18.5 Å². The summed E-state index contributed by atoms with van der Waals surface area (Å²) in [6.45, 7) is 10.2. The van der Waals surface area contributed by atoms with Crippen LogP contribution in [0.25, 0.3) is 0 Å². The molecule has 0 saturated carbocycles. The minimum Gasteiger partial charge on any atom is -0.384 e. The minimum absolute atomic E-state index is 0.110. The van der Waals surface area contributed by atoms with Gasteiger partial charge >= 0.3 is 0 Å². The maximum Gasteiger partial charge on any atom is 0.244 e. The van der Waals surface area contributed by atoms with Crippen molar-refractivity contribution in [1.82, 2.24) is 9.88 Å². The molecule has 1 unspecified atom stereocenters. The predicted octanol–water partition coefficient (Wildman–Crippen LogP) is 2.18. The van der Waals surface area contributed by atoms with Gasteiger partial charge in [-0.05, 0) is 33.8 Å². The summed E-state index contributed by atoms with van der Waals surface area (Å²) in [5.41, 5.74) is 1.81. The van der Waals surface area contributed by atoms with Crippen molar-refractivity contribution in [1.29, 1.82) is 0 Å². The van der Waals surface area contributed by atoms with Crippen LogP contribution in [0.3, 0.4) is 0 Å². The van der Waals surface area contributed by atoms with Gasteiger partial charge < -0.3 is 15.5 Å². The number of anilines is 2. The maximum absolute atomic E-state index is 12.1. The summed E-state index contributed by atoms with van der Waals surface area (Å²) in [6, 6.07) is 1.71. The van der Waals surface area contributed by atoms with Crippen LogP contribution in [0.2, 0.25) is 0 Å². The molecule has 2 N–H and O–H groups in total. The molecule has 0 fully saturated rings. The molecule has 1 atom stereocenters. The average Bonchev–Trinajstić information content (AvgIpc) is 2.40. The van der Waals surface area contributed by atoms with Gasteiger partial charge in [-0.2, -0.15) is 0 Å². The first-order valence-electron chi connectivity index (χ1n) is 6.86. The Morgan fingerprint density at radius 1 is 1.26 bits per heavy atom. The van der Waals surface area contributed by atoms with Crippen LogP contribution in [0.4, 0.5) is 11.4 Å². The summed E-state index contributed by atoms with van der Waals surface area (Å²) >= 11 is 0. The molecule has 5 nitrogen and oxygen atoms in total. The van der Waals surface area contributed by atoms with Crippen LogP contribution < -0.4 is 10.6 Å². The lowest BCUT2D eigenvalue weighted by molar-refractivity contribution is -0.131. The first-order chi connectivity index (χ1) is 9.12. The molecule has 1 aromatic rings. The first-order valence-corrected chi connectivity index (χ1v) is 6.86. The zero-order valence-corrected chi connectivity index (χ0v) is 12.2. The van der Waals surface area contributed by atoms with E-state index in [0.29, 0.717) is 0 Å². The predicted molar refractivity (Wildman–Crippen MR) is 79.4 cm³/mol. The molecule has 0 aromatic carbocycles. The Labute approximate surface area is 115 Å². The fourth-order valence-electron chi connectivity index (χ4n) is 1.94. The Morgan fingerprint density at radius 2 is 1.89 bits per heavy atom. The number of aromatic nitrogens is 1. The summed E-state index contributed by atoms with van der Waals surface area (Å²) in [6.07, 6.45) is 3.50. The Kier molecular flexibility index (Phi) is 6.12. The van der Waals surface area contributed by atoms with Crippen molar-refractivity contribution in [2.45, 2.75) is 33.7 Å². The standard InChI is InChI=1S/C14H24N4O/c1-5-16-12-8-13(10-15-9-12)17-11(4)14(19)18(6-2)7-3/h8-11,16-17H,5-7H2,1-4H3. The number of likely N-dealkylation sites (N-methyl/N-ethyl adjacent to an activating group) is 1. The van der Waals surface area contributed by atoms with Gasteiger partial charge in [-0.25, -0.2) is 0 Å². The zero-order valence-electron chi connectivity index (χ0n) is 12.2. The average molecular weight is 264 g/mol. The van der Waals surface area contributed by atoms with Gasteiger partial charge in [0.25, 0.3) is 0 Å². The highest BCUT2D eigenvalue weighted by molar-refractivity contribution is 5.84. The number of nitrogens with zero attached hydrogens (tertiary/aromatic N) is 2. The maximum atomic E-state index is 12.1. The Bertz CT molecular complexity index is 404. The van der Waals surface area contributed by atoms with Crippen LogP contribution in [-0.4, -0.2) is 41.5 Å². The molecule has 19 heavy (non-hydrogen) atoms. The number of pyridine rings is 1. The largest absolute Gasteiger partial charge is 0.384 e. The van der Waals surface area contributed by atoms with Gasteiger partial charge in [0.15, 0.2) is 0 Å². The highest BCUT2D eigenvalue weighted by Crippen LogP contribution is 2.14. The van der Waals surface area contributed by atoms with Gasteiger partial charge in [-0.15, -0.1) is 0 Å². The second-order valence-corrected chi connectivity index (χ2v) is 4.37. The molecule has 106 valence electrons. The van der Waals surface area contributed by atoms with Gasteiger partial charge in [-0.3, -0.25) is 9.78 Å². The monoisotopic (exact) mass is 264 g/mol. The van der Waals surface area contributed by atoms with Crippen LogP contribution in [0, 0.1) is 0 Å². The number of amides is 1. The van der Waals surface area contributed by atoms with Crippen LogP contribution >= 0.6 is 0 Å². The fraction of sp³-hybridized carbons (Fsp3) is 0.571. The summed E-state index contributed by atoms with van der Waals surface area (Å²) < 4.78 is 0. The van der Waals surface area contributed by atoms with Crippen molar-refractivity contribution in [3.63, 3.8) is 0 Å². The second kappa shape index (κ2) is 7.61. The van der Waals surface area contributed by atoms with E-state index in [1.165, 1.54) is 0 Å². The Morgan fingerprint density at radius 3 is 2.47 bits per heavy atom. The first kappa shape index (κ1) is 15.3. The molecular formula is C14H24N4O. The molecule has 1 heterocycles. The fourth-order valence-corrected chi connectivity index (χ4v) is 1.94. The lowest BCUT2D eigenvalue weighted by Gasteiger charge is -2.24. The van der Waals surface area contributed by atoms with E-state index in [2.05, 4.69) is 15.6 Å². The third-order valence-electron chi connectivity index (χ3n) is 2.95. The van der Waals surface area contributed by atoms with E-state index in [0.717, 1.165) is 31.0 Å². The molecule has 0 bridgehead atoms. The molecule has 0 aliphatic heterocycles. The van der Waals surface area contributed by atoms with Crippen molar-refractivity contribution < 1.29 is 4.79 Å². The number of hydrogen-bond acceptors (Lipinski definition) is 4. The number of rotatable bonds is 7. The molecule has 0 aliphatic rings. The van der Waals surface area contributed by atoms with Crippen molar-refractivity contribution in [2.24, 2.45) is 0 Å². The summed E-state index contributed by atoms with van der Waals surface area (Å²) in [5, 5.41) is 6.39. The van der Waals surface area contributed by atoms with E-state index >= 15 is 0 Å². The summed E-state index contributed by atoms with van der Waals surface area (Å²) in [7, 11) is 0. The van der Waals surface area contributed by atoms with Gasteiger partial charge in [0, 0.05) is 19.6 Å². The molecule has 0 radical (unpaired) electrons. The SMILES string of the molecule is CCNc1cncc(NC(C)C(=O)N(CC)CC)c1. The zero-order chi connectivity index (χ0) is 14.3. The number of hydrogen-bond donors (Lipinski definition) is 2. The van der Waals surface area contributed by atoms with Crippen LogP contribution in [0.15, 0.2) is 18.5 Å². The third-order valence-corrected chi connectivity index (χ3v) is 2.95. The molecule has 0 saturated heterocycles. The number of nitrogens with one attached hydrogen (secondary N) is 2.